The lowest BCUT2D eigenvalue weighted by atomic mass is 10.0. The largest absolute Gasteiger partial charge is 0.504 e. The van der Waals surface area contributed by atoms with Crippen molar-refractivity contribution >= 4 is 10.9 Å². The normalized spacial score (nSPS) is 10.9. The number of phenolic OH excluding ortho intramolecular Hbond substituents is 1. The maximum Gasteiger partial charge on any atom is 0.162 e. The molecule has 6 nitrogen and oxygen atoms in total. The number of fused-ring (bicyclic) bond motifs is 1. The summed E-state index contributed by atoms with van der Waals surface area (Å²) in [6.07, 6.45) is 5.24. The lowest BCUT2D eigenvalue weighted by Gasteiger charge is -2.11. The van der Waals surface area contributed by atoms with E-state index in [4.69, 9.17) is 4.74 Å². The number of ether oxygens (including phenoxy) is 1. The molecular formula is C18H14N4O2. The summed E-state index contributed by atoms with van der Waals surface area (Å²) in [6.45, 7) is 0. The summed E-state index contributed by atoms with van der Waals surface area (Å²) in [6, 6.07) is 11.0. The molecule has 0 spiro atoms. The molecule has 4 rings (SSSR count). The van der Waals surface area contributed by atoms with E-state index in [2.05, 4.69) is 20.2 Å². The number of rotatable bonds is 3. The molecule has 24 heavy (non-hydrogen) atoms. The maximum atomic E-state index is 10.1. The minimum atomic E-state index is 0.0695. The molecule has 0 unspecified atom stereocenters. The molecule has 0 aliphatic heterocycles. The molecule has 0 bridgehead atoms. The zero-order chi connectivity index (χ0) is 16.5. The van der Waals surface area contributed by atoms with Gasteiger partial charge >= 0.3 is 0 Å². The first-order valence-corrected chi connectivity index (χ1v) is 7.38. The van der Waals surface area contributed by atoms with Gasteiger partial charge in [-0.05, 0) is 24.3 Å². The minimum Gasteiger partial charge on any atom is -0.504 e. The second kappa shape index (κ2) is 5.66. The van der Waals surface area contributed by atoms with Crippen molar-refractivity contribution in [3.63, 3.8) is 0 Å². The molecule has 0 aliphatic rings. The standard InChI is InChI=1S/C18H14N4O2/c1-24-18-8-16-13(7-17(18)23)12(14-4-2-3-5-19-14)6-15(22-16)11-9-20-21-10-11/h2-10,23H,1H3,(H,20,21). The van der Waals surface area contributed by atoms with Gasteiger partial charge in [0.05, 0.1) is 30.2 Å². The van der Waals surface area contributed by atoms with Crippen LogP contribution in [0.25, 0.3) is 33.4 Å². The van der Waals surface area contributed by atoms with Gasteiger partial charge < -0.3 is 9.84 Å². The molecule has 0 atom stereocenters. The number of benzene rings is 1. The van der Waals surface area contributed by atoms with Crippen molar-refractivity contribution in [2.24, 2.45) is 0 Å². The van der Waals surface area contributed by atoms with Crippen LogP contribution in [0.5, 0.6) is 11.5 Å². The van der Waals surface area contributed by atoms with E-state index in [1.165, 1.54) is 7.11 Å². The first kappa shape index (κ1) is 14.2. The van der Waals surface area contributed by atoms with Gasteiger partial charge in [-0.1, -0.05) is 6.07 Å². The Morgan fingerprint density at radius 1 is 1.12 bits per heavy atom. The van der Waals surface area contributed by atoms with Crippen LogP contribution in [0.2, 0.25) is 0 Å². The Hall–Kier alpha value is -3.41. The van der Waals surface area contributed by atoms with Crippen LogP contribution in [0.4, 0.5) is 0 Å². The topological polar surface area (TPSA) is 83.9 Å². The van der Waals surface area contributed by atoms with Crippen molar-refractivity contribution in [3.8, 4) is 34.0 Å². The number of pyridine rings is 2. The van der Waals surface area contributed by atoms with E-state index < -0.39 is 0 Å². The van der Waals surface area contributed by atoms with E-state index in [0.29, 0.717) is 11.3 Å². The van der Waals surface area contributed by atoms with Crippen molar-refractivity contribution in [2.45, 2.75) is 0 Å². The van der Waals surface area contributed by atoms with Gasteiger partial charge in [0, 0.05) is 35.0 Å². The fraction of sp³-hybridized carbons (Fsp3) is 0.0556. The quantitative estimate of drug-likeness (QED) is 0.605. The highest BCUT2D eigenvalue weighted by Gasteiger charge is 2.14. The van der Waals surface area contributed by atoms with Crippen LogP contribution in [-0.4, -0.2) is 32.4 Å². The summed E-state index contributed by atoms with van der Waals surface area (Å²) < 4.78 is 5.21. The Kier molecular flexibility index (Phi) is 3.35. The lowest BCUT2D eigenvalue weighted by molar-refractivity contribution is 0.374. The van der Waals surface area contributed by atoms with Crippen molar-refractivity contribution in [2.75, 3.05) is 7.11 Å². The van der Waals surface area contributed by atoms with Gasteiger partial charge in [0.1, 0.15) is 0 Å². The Labute approximate surface area is 137 Å². The Morgan fingerprint density at radius 3 is 2.75 bits per heavy atom. The molecule has 2 N–H and O–H groups in total. The molecule has 0 saturated carbocycles. The van der Waals surface area contributed by atoms with E-state index >= 15 is 0 Å². The van der Waals surface area contributed by atoms with Crippen LogP contribution >= 0.6 is 0 Å². The zero-order valence-corrected chi connectivity index (χ0v) is 12.9. The number of aromatic nitrogens is 4. The van der Waals surface area contributed by atoms with Gasteiger partial charge in [0.2, 0.25) is 0 Å². The monoisotopic (exact) mass is 318 g/mol. The Balaban J connectivity index is 2.06. The minimum absolute atomic E-state index is 0.0695. The van der Waals surface area contributed by atoms with E-state index in [0.717, 1.165) is 27.9 Å². The first-order chi connectivity index (χ1) is 11.8. The molecule has 0 amide bonds. The summed E-state index contributed by atoms with van der Waals surface area (Å²) in [5, 5.41) is 17.7. The Bertz CT molecular complexity index is 999. The molecule has 0 aliphatic carbocycles. The summed E-state index contributed by atoms with van der Waals surface area (Å²) in [7, 11) is 1.51. The van der Waals surface area contributed by atoms with E-state index in [-0.39, 0.29) is 5.75 Å². The van der Waals surface area contributed by atoms with Gasteiger partial charge in [-0.15, -0.1) is 0 Å². The SMILES string of the molecule is COc1cc2nc(-c3cn[nH]c3)cc(-c3ccccn3)c2cc1O. The molecule has 1 aromatic carbocycles. The Morgan fingerprint density at radius 2 is 2.04 bits per heavy atom. The van der Waals surface area contributed by atoms with Crippen LogP contribution in [0, 0.1) is 0 Å². The number of hydrogen-bond acceptors (Lipinski definition) is 5. The van der Waals surface area contributed by atoms with Gasteiger partial charge in [-0.2, -0.15) is 5.10 Å². The third-order valence-corrected chi connectivity index (χ3v) is 3.84. The van der Waals surface area contributed by atoms with Crippen molar-refractivity contribution in [1.29, 1.82) is 0 Å². The molecule has 118 valence electrons. The molecule has 6 heteroatoms. The van der Waals surface area contributed by atoms with Gasteiger partial charge in [0.25, 0.3) is 0 Å². The molecule has 3 aromatic heterocycles. The molecule has 4 aromatic rings. The first-order valence-electron chi connectivity index (χ1n) is 7.38. The summed E-state index contributed by atoms with van der Waals surface area (Å²) in [5.41, 5.74) is 4.05. The van der Waals surface area contributed by atoms with Gasteiger partial charge in [0.15, 0.2) is 11.5 Å². The second-order valence-corrected chi connectivity index (χ2v) is 5.30. The summed E-state index contributed by atoms with van der Waals surface area (Å²) in [5.74, 6) is 0.450. The van der Waals surface area contributed by atoms with Crippen LogP contribution in [-0.2, 0) is 0 Å². The summed E-state index contributed by atoms with van der Waals surface area (Å²) in [4.78, 5) is 9.10. The average molecular weight is 318 g/mol. The summed E-state index contributed by atoms with van der Waals surface area (Å²) >= 11 is 0. The average Bonchev–Trinajstić information content (AvgIpc) is 3.16. The smallest absolute Gasteiger partial charge is 0.162 e. The molecule has 0 saturated heterocycles. The van der Waals surface area contributed by atoms with Crippen LogP contribution < -0.4 is 4.74 Å². The van der Waals surface area contributed by atoms with E-state index in [9.17, 15) is 5.11 Å². The number of nitrogens with one attached hydrogen (secondary N) is 1. The van der Waals surface area contributed by atoms with Gasteiger partial charge in [-0.25, -0.2) is 4.98 Å². The fourth-order valence-electron chi connectivity index (χ4n) is 2.68. The van der Waals surface area contributed by atoms with E-state index in [1.54, 1.807) is 30.7 Å². The van der Waals surface area contributed by atoms with Crippen LogP contribution in [0.1, 0.15) is 0 Å². The van der Waals surface area contributed by atoms with E-state index in [1.807, 2.05) is 24.3 Å². The fourth-order valence-corrected chi connectivity index (χ4v) is 2.68. The molecule has 0 radical (unpaired) electrons. The number of nitrogens with zero attached hydrogens (tertiary/aromatic N) is 3. The molecular weight excluding hydrogens is 304 g/mol. The number of phenols is 1. The maximum absolute atomic E-state index is 10.1. The molecule has 3 heterocycles. The highest BCUT2D eigenvalue weighted by molar-refractivity contribution is 5.97. The third kappa shape index (κ3) is 2.34. The second-order valence-electron chi connectivity index (χ2n) is 5.30. The van der Waals surface area contributed by atoms with Crippen molar-refractivity contribution in [3.05, 3.63) is 55.0 Å². The van der Waals surface area contributed by atoms with Gasteiger partial charge in [-0.3, -0.25) is 10.1 Å². The number of aromatic amines is 1. The number of aromatic hydroxyl groups is 1. The number of methoxy groups -OCH3 is 1. The van der Waals surface area contributed by atoms with Crippen LogP contribution in [0.15, 0.2) is 55.0 Å². The highest BCUT2D eigenvalue weighted by atomic mass is 16.5. The third-order valence-electron chi connectivity index (χ3n) is 3.84. The lowest BCUT2D eigenvalue weighted by Crippen LogP contribution is -1.92. The predicted molar refractivity (Wildman–Crippen MR) is 90.8 cm³/mol. The van der Waals surface area contributed by atoms with Crippen molar-refractivity contribution in [1.82, 2.24) is 20.2 Å². The molecule has 0 fully saturated rings. The highest BCUT2D eigenvalue weighted by Crippen LogP contribution is 2.37. The number of H-pyrrole nitrogens is 1. The van der Waals surface area contributed by atoms with Crippen LogP contribution in [0.3, 0.4) is 0 Å². The predicted octanol–water partition coefficient (Wildman–Crippen LogP) is 3.40. The van der Waals surface area contributed by atoms with Crippen molar-refractivity contribution < 1.29 is 9.84 Å². The zero-order valence-electron chi connectivity index (χ0n) is 12.9. The number of hydrogen-bond donors (Lipinski definition) is 2.